The molecule has 0 aliphatic heterocycles. The van der Waals surface area contributed by atoms with Crippen molar-refractivity contribution in [2.45, 2.75) is 6.42 Å². The number of aliphatic hydroxyl groups is 1. The fraction of sp³-hybridized carbons (Fsp3) is 0.300. The number of hydrogen-bond donors (Lipinski definition) is 2. The lowest BCUT2D eigenvalue weighted by molar-refractivity contribution is 0.112. The van der Waals surface area contributed by atoms with Crippen LogP contribution in [0.25, 0.3) is 0 Å². The Morgan fingerprint density at radius 2 is 2.06 bits per heavy atom. The maximum Gasteiger partial charge on any atom is 0.446 e. The summed E-state index contributed by atoms with van der Waals surface area (Å²) >= 11 is 0. The molecule has 0 saturated carbocycles. The smallest absolute Gasteiger partial charge is 0.446 e. The van der Waals surface area contributed by atoms with Crippen molar-refractivity contribution >= 4 is 16.7 Å². The molecule has 0 amide bonds. The minimum absolute atomic E-state index is 0.0272. The van der Waals surface area contributed by atoms with Gasteiger partial charge in [0.1, 0.15) is 6.29 Å². The second kappa shape index (κ2) is 5.80. The highest BCUT2D eigenvalue weighted by Gasteiger charge is 2.18. The standard InChI is InChI=1S/C10H12O7S/c1-16-9-5-7(6-12)4-8(2-3-11)10(9)17-18(13,14)15/h4-6,11H,2-3H2,1H3,(H,13,14,15). The summed E-state index contributed by atoms with van der Waals surface area (Å²) in [6.07, 6.45) is 0.587. The lowest BCUT2D eigenvalue weighted by Crippen LogP contribution is -2.10. The molecule has 18 heavy (non-hydrogen) atoms. The number of carbonyl (C=O) groups is 1. The van der Waals surface area contributed by atoms with Crippen LogP contribution < -0.4 is 8.92 Å². The van der Waals surface area contributed by atoms with Crippen molar-refractivity contribution in [2.75, 3.05) is 13.7 Å². The van der Waals surface area contributed by atoms with Gasteiger partial charge in [0.15, 0.2) is 11.5 Å². The van der Waals surface area contributed by atoms with E-state index < -0.39 is 10.4 Å². The van der Waals surface area contributed by atoms with Gasteiger partial charge in [-0.1, -0.05) is 0 Å². The number of hydrogen-bond acceptors (Lipinski definition) is 6. The highest BCUT2D eigenvalue weighted by molar-refractivity contribution is 7.81. The largest absolute Gasteiger partial charge is 0.493 e. The van der Waals surface area contributed by atoms with E-state index in [-0.39, 0.29) is 35.7 Å². The fourth-order valence-corrected chi connectivity index (χ4v) is 1.81. The van der Waals surface area contributed by atoms with Gasteiger partial charge >= 0.3 is 10.4 Å². The number of carbonyl (C=O) groups excluding carboxylic acids is 1. The van der Waals surface area contributed by atoms with Crippen molar-refractivity contribution in [3.8, 4) is 11.5 Å². The summed E-state index contributed by atoms with van der Waals surface area (Å²) in [7, 11) is -3.47. The number of rotatable bonds is 6. The molecule has 7 nitrogen and oxygen atoms in total. The zero-order chi connectivity index (χ0) is 13.8. The lowest BCUT2D eigenvalue weighted by atomic mass is 10.1. The van der Waals surface area contributed by atoms with Gasteiger partial charge in [0.25, 0.3) is 0 Å². The minimum atomic E-state index is -4.72. The van der Waals surface area contributed by atoms with Crippen LogP contribution in [0.15, 0.2) is 12.1 Å². The first-order valence-corrected chi connectivity index (χ1v) is 6.21. The maximum atomic E-state index is 10.7. The zero-order valence-electron chi connectivity index (χ0n) is 9.49. The Labute approximate surface area is 104 Å². The zero-order valence-corrected chi connectivity index (χ0v) is 10.3. The first-order valence-electron chi connectivity index (χ1n) is 4.85. The van der Waals surface area contributed by atoms with Gasteiger partial charge in [-0.05, 0) is 18.6 Å². The molecule has 1 rings (SSSR count). The molecule has 0 bridgehead atoms. The van der Waals surface area contributed by atoms with Crippen molar-refractivity contribution in [3.63, 3.8) is 0 Å². The molecule has 0 aliphatic carbocycles. The maximum absolute atomic E-state index is 10.7. The van der Waals surface area contributed by atoms with Crippen LogP contribution in [0.2, 0.25) is 0 Å². The van der Waals surface area contributed by atoms with Crippen LogP contribution >= 0.6 is 0 Å². The molecule has 100 valence electrons. The Bertz CT molecular complexity index is 535. The molecule has 0 aromatic heterocycles. The second-order valence-electron chi connectivity index (χ2n) is 3.31. The van der Waals surface area contributed by atoms with E-state index in [1.165, 1.54) is 19.2 Å². The van der Waals surface area contributed by atoms with E-state index in [4.69, 9.17) is 14.4 Å². The SMILES string of the molecule is COc1cc(C=O)cc(CCO)c1OS(=O)(=O)O. The van der Waals surface area contributed by atoms with Gasteiger partial charge in [-0.3, -0.25) is 9.35 Å². The van der Waals surface area contributed by atoms with Crippen molar-refractivity contribution in [3.05, 3.63) is 23.3 Å². The Kier molecular flexibility index (Phi) is 4.65. The number of benzene rings is 1. The third-order valence-corrected chi connectivity index (χ3v) is 2.46. The number of ether oxygens (including phenoxy) is 1. The molecule has 1 aromatic rings. The molecule has 0 unspecified atom stereocenters. The van der Waals surface area contributed by atoms with Gasteiger partial charge in [0.05, 0.1) is 7.11 Å². The molecule has 0 spiro atoms. The molecule has 1 aromatic carbocycles. The molecule has 0 radical (unpaired) electrons. The van der Waals surface area contributed by atoms with Gasteiger partial charge in [-0.25, -0.2) is 0 Å². The summed E-state index contributed by atoms with van der Waals surface area (Å²) in [5.41, 5.74) is 0.467. The Balaban J connectivity index is 3.38. The third kappa shape index (κ3) is 3.69. The predicted octanol–water partition coefficient (Wildman–Crippen LogP) is 0.224. The molecule has 0 atom stereocenters. The van der Waals surface area contributed by atoms with E-state index in [1.54, 1.807) is 0 Å². The van der Waals surface area contributed by atoms with Gasteiger partial charge in [-0.15, -0.1) is 0 Å². The Hall–Kier alpha value is -1.64. The highest BCUT2D eigenvalue weighted by Crippen LogP contribution is 2.33. The van der Waals surface area contributed by atoms with Crippen LogP contribution in [0.4, 0.5) is 0 Å². The van der Waals surface area contributed by atoms with Gasteiger partial charge < -0.3 is 14.0 Å². The first-order chi connectivity index (χ1) is 8.41. The normalized spacial score (nSPS) is 11.1. The lowest BCUT2D eigenvalue weighted by Gasteiger charge is -2.13. The van der Waals surface area contributed by atoms with E-state index in [2.05, 4.69) is 4.18 Å². The summed E-state index contributed by atoms with van der Waals surface area (Å²) in [5, 5.41) is 8.87. The average molecular weight is 276 g/mol. The molecular weight excluding hydrogens is 264 g/mol. The van der Waals surface area contributed by atoms with Crippen LogP contribution in [0.3, 0.4) is 0 Å². The highest BCUT2D eigenvalue weighted by atomic mass is 32.3. The summed E-state index contributed by atoms with van der Waals surface area (Å²) in [4.78, 5) is 10.7. The minimum Gasteiger partial charge on any atom is -0.493 e. The average Bonchev–Trinajstić information content (AvgIpc) is 2.29. The summed E-state index contributed by atoms with van der Waals surface area (Å²) in [5.74, 6) is -0.277. The summed E-state index contributed by atoms with van der Waals surface area (Å²) < 4.78 is 39.4. The molecule has 0 saturated heterocycles. The van der Waals surface area contributed by atoms with Crippen LogP contribution in [0, 0.1) is 0 Å². The molecular formula is C10H12O7S. The molecule has 0 heterocycles. The monoisotopic (exact) mass is 276 g/mol. The molecule has 0 fully saturated rings. The van der Waals surface area contributed by atoms with Crippen molar-refractivity contribution < 1.29 is 31.8 Å². The van der Waals surface area contributed by atoms with Gasteiger partial charge in [0, 0.05) is 17.7 Å². The molecule has 8 heteroatoms. The van der Waals surface area contributed by atoms with Crippen LogP contribution in [-0.4, -0.2) is 38.1 Å². The van der Waals surface area contributed by atoms with Gasteiger partial charge in [-0.2, -0.15) is 8.42 Å². The summed E-state index contributed by atoms with van der Waals surface area (Å²) in [6, 6.07) is 2.60. The van der Waals surface area contributed by atoms with Crippen LogP contribution in [0.1, 0.15) is 15.9 Å². The van der Waals surface area contributed by atoms with Crippen molar-refractivity contribution in [2.24, 2.45) is 0 Å². The fourth-order valence-electron chi connectivity index (χ4n) is 1.41. The van der Waals surface area contributed by atoms with Gasteiger partial charge in [0.2, 0.25) is 0 Å². The van der Waals surface area contributed by atoms with E-state index in [0.717, 1.165) is 0 Å². The Morgan fingerprint density at radius 3 is 2.50 bits per heavy atom. The predicted molar refractivity (Wildman–Crippen MR) is 61.3 cm³/mol. The molecule has 0 aliphatic rings. The quantitative estimate of drug-likeness (QED) is 0.565. The van der Waals surface area contributed by atoms with E-state index in [0.29, 0.717) is 6.29 Å². The second-order valence-corrected chi connectivity index (χ2v) is 4.34. The Morgan fingerprint density at radius 1 is 1.39 bits per heavy atom. The number of methoxy groups -OCH3 is 1. The van der Waals surface area contributed by atoms with E-state index in [9.17, 15) is 13.2 Å². The number of aldehydes is 1. The van der Waals surface area contributed by atoms with E-state index >= 15 is 0 Å². The topological polar surface area (TPSA) is 110 Å². The first kappa shape index (κ1) is 14.4. The van der Waals surface area contributed by atoms with Crippen molar-refractivity contribution in [1.82, 2.24) is 0 Å². The van der Waals surface area contributed by atoms with Crippen molar-refractivity contribution in [1.29, 1.82) is 0 Å². The number of aliphatic hydroxyl groups excluding tert-OH is 1. The third-order valence-electron chi connectivity index (χ3n) is 2.08. The summed E-state index contributed by atoms with van der Waals surface area (Å²) in [6.45, 7) is -0.284. The molecule has 2 N–H and O–H groups in total. The van der Waals surface area contributed by atoms with E-state index in [1.807, 2.05) is 0 Å². The van der Waals surface area contributed by atoms with Crippen LogP contribution in [0.5, 0.6) is 11.5 Å². The van der Waals surface area contributed by atoms with Crippen LogP contribution in [-0.2, 0) is 16.8 Å².